The molecule has 2 rings (SSSR count). The molecule has 0 bridgehead atoms. The van der Waals surface area contributed by atoms with E-state index in [9.17, 15) is 14.4 Å². The maximum absolute atomic E-state index is 12.8. The first-order valence-electron chi connectivity index (χ1n) is 9.33. The number of nitrogens with one attached hydrogen (secondary N) is 1. The molecule has 1 heterocycles. The molecule has 1 saturated heterocycles. The second kappa shape index (κ2) is 8.50. The second-order valence-electron chi connectivity index (χ2n) is 7.54. The van der Waals surface area contributed by atoms with Crippen LogP contribution in [-0.2, 0) is 14.4 Å². The highest BCUT2D eigenvalue weighted by molar-refractivity contribution is 6.04. The Balaban J connectivity index is 1.82. The Kier molecular flexibility index (Phi) is 6.62. The number of carbonyl (C=O) groups excluding carboxylic acids is 3. The van der Waals surface area contributed by atoms with Gasteiger partial charge in [-0.3, -0.25) is 14.4 Å². The number of amides is 3. The minimum atomic E-state index is -1.08. The van der Waals surface area contributed by atoms with Crippen LogP contribution in [0.1, 0.15) is 52.9 Å². The SMILES string of the molecule is CC(=O)N1CCN(C(=O)C(C)(C)C(=O)NCCC2=CCCCC2)CC1. The van der Waals surface area contributed by atoms with Gasteiger partial charge in [-0.25, -0.2) is 0 Å². The Labute approximate surface area is 150 Å². The summed E-state index contributed by atoms with van der Waals surface area (Å²) < 4.78 is 0. The van der Waals surface area contributed by atoms with Crippen LogP contribution in [0.15, 0.2) is 11.6 Å². The van der Waals surface area contributed by atoms with E-state index in [0.717, 1.165) is 19.3 Å². The van der Waals surface area contributed by atoms with Crippen LogP contribution < -0.4 is 5.32 Å². The van der Waals surface area contributed by atoms with Gasteiger partial charge in [0.15, 0.2) is 0 Å². The minimum absolute atomic E-state index is 0.0288. The lowest BCUT2D eigenvalue weighted by Crippen LogP contribution is -2.56. The van der Waals surface area contributed by atoms with Gasteiger partial charge in [0.25, 0.3) is 0 Å². The predicted octanol–water partition coefficient (Wildman–Crippen LogP) is 1.71. The van der Waals surface area contributed by atoms with Gasteiger partial charge in [0.05, 0.1) is 0 Å². The monoisotopic (exact) mass is 349 g/mol. The van der Waals surface area contributed by atoms with E-state index in [1.807, 2.05) is 0 Å². The highest BCUT2D eigenvalue weighted by Crippen LogP contribution is 2.22. The van der Waals surface area contributed by atoms with Gasteiger partial charge in [0.2, 0.25) is 17.7 Å². The zero-order valence-corrected chi connectivity index (χ0v) is 15.8. The Morgan fingerprint density at radius 2 is 1.72 bits per heavy atom. The third kappa shape index (κ3) is 5.06. The summed E-state index contributed by atoms with van der Waals surface area (Å²) in [6, 6.07) is 0. The highest BCUT2D eigenvalue weighted by atomic mass is 16.2. The van der Waals surface area contributed by atoms with Crippen LogP contribution in [-0.4, -0.2) is 60.2 Å². The summed E-state index contributed by atoms with van der Waals surface area (Å²) in [7, 11) is 0. The van der Waals surface area contributed by atoms with Gasteiger partial charge in [0, 0.05) is 39.6 Å². The zero-order chi connectivity index (χ0) is 18.4. The lowest BCUT2D eigenvalue weighted by atomic mass is 9.89. The molecule has 6 heteroatoms. The smallest absolute Gasteiger partial charge is 0.237 e. The number of piperazine rings is 1. The van der Waals surface area contributed by atoms with Crippen molar-refractivity contribution in [2.75, 3.05) is 32.7 Å². The summed E-state index contributed by atoms with van der Waals surface area (Å²) in [6.45, 7) is 7.53. The standard InChI is InChI=1S/C19H31N3O3/c1-15(23)21-11-13-22(14-12-21)18(25)19(2,3)17(24)20-10-9-16-7-5-4-6-8-16/h7H,4-6,8-14H2,1-3H3,(H,20,24). The van der Waals surface area contributed by atoms with Crippen molar-refractivity contribution in [1.82, 2.24) is 15.1 Å². The Morgan fingerprint density at radius 1 is 1.08 bits per heavy atom. The van der Waals surface area contributed by atoms with Gasteiger partial charge in [-0.05, 0) is 46.0 Å². The third-order valence-electron chi connectivity index (χ3n) is 5.23. The largest absolute Gasteiger partial charge is 0.355 e. The van der Waals surface area contributed by atoms with Crippen molar-refractivity contribution in [2.45, 2.75) is 52.9 Å². The molecule has 2 aliphatic rings. The molecule has 1 aliphatic heterocycles. The maximum atomic E-state index is 12.8. The summed E-state index contributed by atoms with van der Waals surface area (Å²) in [4.78, 5) is 40.1. The van der Waals surface area contributed by atoms with E-state index in [-0.39, 0.29) is 17.7 Å². The normalized spacial score (nSPS) is 18.6. The molecular formula is C19H31N3O3. The van der Waals surface area contributed by atoms with E-state index in [4.69, 9.17) is 0 Å². The summed E-state index contributed by atoms with van der Waals surface area (Å²) >= 11 is 0. The second-order valence-corrected chi connectivity index (χ2v) is 7.54. The molecule has 6 nitrogen and oxygen atoms in total. The molecule has 140 valence electrons. The molecule has 3 amide bonds. The molecule has 0 atom stereocenters. The van der Waals surface area contributed by atoms with Crippen LogP contribution in [0.5, 0.6) is 0 Å². The molecule has 1 aliphatic carbocycles. The first-order valence-corrected chi connectivity index (χ1v) is 9.33. The fraction of sp³-hybridized carbons (Fsp3) is 0.737. The number of hydrogen-bond donors (Lipinski definition) is 1. The maximum Gasteiger partial charge on any atom is 0.237 e. The van der Waals surface area contributed by atoms with Crippen LogP contribution >= 0.6 is 0 Å². The van der Waals surface area contributed by atoms with Gasteiger partial charge >= 0.3 is 0 Å². The topological polar surface area (TPSA) is 69.7 Å². The Morgan fingerprint density at radius 3 is 2.28 bits per heavy atom. The van der Waals surface area contributed by atoms with Gasteiger partial charge in [0.1, 0.15) is 5.41 Å². The Hall–Kier alpha value is -1.85. The quantitative estimate of drug-likeness (QED) is 0.607. The van der Waals surface area contributed by atoms with E-state index < -0.39 is 5.41 Å². The van der Waals surface area contributed by atoms with Crippen molar-refractivity contribution in [2.24, 2.45) is 5.41 Å². The molecule has 0 saturated carbocycles. The van der Waals surface area contributed by atoms with Crippen LogP contribution in [0, 0.1) is 5.41 Å². The third-order valence-corrected chi connectivity index (χ3v) is 5.23. The average molecular weight is 349 g/mol. The molecule has 0 spiro atoms. The fourth-order valence-electron chi connectivity index (χ4n) is 3.41. The number of allylic oxidation sites excluding steroid dienone is 1. The van der Waals surface area contributed by atoms with E-state index in [1.54, 1.807) is 23.6 Å². The number of hydrogen-bond acceptors (Lipinski definition) is 3. The van der Waals surface area contributed by atoms with Gasteiger partial charge < -0.3 is 15.1 Å². The van der Waals surface area contributed by atoms with Crippen molar-refractivity contribution in [3.8, 4) is 0 Å². The highest BCUT2D eigenvalue weighted by Gasteiger charge is 2.40. The molecular weight excluding hydrogens is 318 g/mol. The van der Waals surface area contributed by atoms with Crippen molar-refractivity contribution >= 4 is 17.7 Å². The summed E-state index contributed by atoms with van der Waals surface area (Å²) in [6.07, 6.45) is 7.90. The van der Waals surface area contributed by atoms with E-state index >= 15 is 0 Å². The van der Waals surface area contributed by atoms with Crippen LogP contribution in [0.3, 0.4) is 0 Å². The molecule has 0 unspecified atom stereocenters. The van der Waals surface area contributed by atoms with Crippen molar-refractivity contribution in [3.05, 3.63) is 11.6 Å². The zero-order valence-electron chi connectivity index (χ0n) is 15.8. The van der Waals surface area contributed by atoms with Crippen LogP contribution in [0.4, 0.5) is 0 Å². The lowest BCUT2D eigenvalue weighted by molar-refractivity contribution is -0.151. The summed E-state index contributed by atoms with van der Waals surface area (Å²) in [5.74, 6) is -0.353. The molecule has 0 radical (unpaired) electrons. The summed E-state index contributed by atoms with van der Waals surface area (Å²) in [5.41, 5.74) is 0.329. The van der Waals surface area contributed by atoms with Crippen molar-refractivity contribution < 1.29 is 14.4 Å². The van der Waals surface area contributed by atoms with E-state index in [0.29, 0.717) is 32.7 Å². The molecule has 1 fully saturated rings. The van der Waals surface area contributed by atoms with Crippen molar-refractivity contribution in [3.63, 3.8) is 0 Å². The fourth-order valence-corrected chi connectivity index (χ4v) is 3.41. The van der Waals surface area contributed by atoms with Gasteiger partial charge in [-0.15, -0.1) is 0 Å². The van der Waals surface area contributed by atoms with Gasteiger partial charge in [-0.1, -0.05) is 11.6 Å². The molecule has 0 aromatic heterocycles. The number of rotatable bonds is 5. The van der Waals surface area contributed by atoms with E-state index in [2.05, 4.69) is 11.4 Å². The van der Waals surface area contributed by atoms with Crippen LogP contribution in [0.2, 0.25) is 0 Å². The first-order chi connectivity index (χ1) is 11.8. The first kappa shape index (κ1) is 19.5. The minimum Gasteiger partial charge on any atom is -0.355 e. The number of carbonyl (C=O) groups is 3. The molecule has 0 aromatic rings. The van der Waals surface area contributed by atoms with E-state index in [1.165, 1.54) is 25.3 Å². The summed E-state index contributed by atoms with van der Waals surface area (Å²) in [5, 5.41) is 2.93. The Bertz CT molecular complexity index is 546. The number of nitrogens with zero attached hydrogens (tertiary/aromatic N) is 2. The average Bonchev–Trinajstić information content (AvgIpc) is 2.61. The van der Waals surface area contributed by atoms with Gasteiger partial charge in [-0.2, -0.15) is 0 Å². The molecule has 1 N–H and O–H groups in total. The molecule has 0 aromatic carbocycles. The molecule has 25 heavy (non-hydrogen) atoms. The van der Waals surface area contributed by atoms with Crippen LogP contribution in [0.25, 0.3) is 0 Å². The van der Waals surface area contributed by atoms with Crippen molar-refractivity contribution in [1.29, 1.82) is 0 Å². The lowest BCUT2D eigenvalue weighted by Gasteiger charge is -2.37. The predicted molar refractivity (Wildman–Crippen MR) is 96.8 cm³/mol.